The van der Waals surface area contributed by atoms with Crippen molar-refractivity contribution in [3.05, 3.63) is 54.3 Å². The van der Waals surface area contributed by atoms with Gasteiger partial charge < -0.3 is 14.7 Å². The Labute approximate surface area is 118 Å². The molecule has 0 bridgehead atoms. The van der Waals surface area contributed by atoms with Crippen LogP contribution in [0, 0.1) is 0 Å². The van der Waals surface area contributed by atoms with Gasteiger partial charge in [-0.2, -0.15) is 0 Å². The second-order valence-corrected chi connectivity index (χ2v) is 4.82. The van der Waals surface area contributed by atoms with Gasteiger partial charge >= 0.3 is 0 Å². The first kappa shape index (κ1) is 12.9. The van der Waals surface area contributed by atoms with E-state index in [-0.39, 0.29) is 12.3 Å². The van der Waals surface area contributed by atoms with Crippen molar-refractivity contribution in [3.8, 4) is 5.75 Å². The van der Waals surface area contributed by atoms with Crippen molar-refractivity contribution in [3.63, 3.8) is 0 Å². The molecule has 4 heteroatoms. The Hall–Kier alpha value is -2.07. The average molecular weight is 270 g/mol. The van der Waals surface area contributed by atoms with Gasteiger partial charge in [0.15, 0.2) is 0 Å². The summed E-state index contributed by atoms with van der Waals surface area (Å²) in [7, 11) is 0. The summed E-state index contributed by atoms with van der Waals surface area (Å²) < 4.78 is 5.82. The molecule has 20 heavy (non-hydrogen) atoms. The van der Waals surface area contributed by atoms with E-state index in [0.717, 1.165) is 17.8 Å². The number of phenolic OH excluding ortho intramolecular Hbond substituents is 1. The quantitative estimate of drug-likeness (QED) is 0.918. The minimum atomic E-state index is -0.0739. The van der Waals surface area contributed by atoms with Gasteiger partial charge in [-0.1, -0.05) is 24.3 Å². The Morgan fingerprint density at radius 2 is 2.20 bits per heavy atom. The highest BCUT2D eigenvalue weighted by molar-refractivity contribution is 5.95. The zero-order valence-corrected chi connectivity index (χ0v) is 11.4. The Kier molecular flexibility index (Phi) is 3.56. The lowest BCUT2D eigenvalue weighted by Crippen LogP contribution is -2.42. The number of hydrogen-bond donors (Lipinski definition) is 1. The molecular formula is C16H18N2O2. The van der Waals surface area contributed by atoms with Crippen LogP contribution in [0.5, 0.6) is 5.75 Å². The van der Waals surface area contributed by atoms with E-state index in [0.29, 0.717) is 12.4 Å². The van der Waals surface area contributed by atoms with E-state index < -0.39 is 0 Å². The van der Waals surface area contributed by atoms with Gasteiger partial charge in [-0.3, -0.25) is 4.99 Å². The van der Waals surface area contributed by atoms with E-state index in [1.807, 2.05) is 54.5 Å². The van der Waals surface area contributed by atoms with E-state index in [4.69, 9.17) is 9.73 Å². The molecule has 1 aromatic rings. The first-order chi connectivity index (χ1) is 9.79. The van der Waals surface area contributed by atoms with E-state index in [9.17, 15) is 5.11 Å². The number of phenols is 1. The highest BCUT2D eigenvalue weighted by Gasteiger charge is 2.31. The van der Waals surface area contributed by atoms with E-state index in [1.54, 1.807) is 6.07 Å². The first-order valence-electron chi connectivity index (χ1n) is 6.90. The molecule has 0 aliphatic carbocycles. The zero-order chi connectivity index (χ0) is 13.9. The fraction of sp³-hybridized carbons (Fsp3) is 0.312. The van der Waals surface area contributed by atoms with Gasteiger partial charge in [0.05, 0.1) is 6.04 Å². The lowest BCUT2D eigenvalue weighted by atomic mass is 9.99. The molecule has 0 saturated carbocycles. The molecule has 0 fully saturated rings. The predicted molar refractivity (Wildman–Crippen MR) is 78.4 cm³/mol. The maximum atomic E-state index is 10.0. The van der Waals surface area contributed by atoms with Gasteiger partial charge in [0.1, 0.15) is 17.8 Å². The Morgan fingerprint density at radius 3 is 3.00 bits per heavy atom. The first-order valence-corrected chi connectivity index (χ1v) is 6.90. The van der Waals surface area contributed by atoms with E-state index in [1.165, 1.54) is 0 Å². The van der Waals surface area contributed by atoms with Crippen molar-refractivity contribution in [1.29, 1.82) is 0 Å². The van der Waals surface area contributed by atoms with Gasteiger partial charge in [0.2, 0.25) is 0 Å². The molecule has 0 radical (unpaired) electrons. The molecule has 0 spiro atoms. The summed E-state index contributed by atoms with van der Waals surface area (Å²) in [5, 5.41) is 10.0. The normalized spacial score (nSPS) is 24.4. The number of aromatic hydroxyl groups is 1. The number of fused-ring (bicyclic) bond motifs is 1. The summed E-state index contributed by atoms with van der Waals surface area (Å²) in [5.74, 6) is 1.17. The number of benzene rings is 1. The molecule has 104 valence electrons. The number of allylic oxidation sites excluding steroid dienone is 2. The summed E-state index contributed by atoms with van der Waals surface area (Å²) >= 11 is 0. The molecule has 2 aliphatic heterocycles. The van der Waals surface area contributed by atoms with E-state index in [2.05, 4.69) is 0 Å². The van der Waals surface area contributed by atoms with Gasteiger partial charge in [-0.05, 0) is 25.1 Å². The number of rotatable bonds is 3. The summed E-state index contributed by atoms with van der Waals surface area (Å²) in [6.07, 6.45) is 8.58. The summed E-state index contributed by atoms with van der Waals surface area (Å²) in [6.45, 7) is 2.64. The second-order valence-electron chi connectivity index (χ2n) is 4.82. The Morgan fingerprint density at radius 1 is 1.35 bits per heavy atom. The molecule has 2 aliphatic rings. The van der Waals surface area contributed by atoms with Crippen LogP contribution in [0.2, 0.25) is 0 Å². The molecule has 3 rings (SSSR count). The van der Waals surface area contributed by atoms with Gasteiger partial charge in [-0.25, -0.2) is 0 Å². The van der Waals surface area contributed by atoms with Crippen LogP contribution in [0.4, 0.5) is 0 Å². The minimum absolute atomic E-state index is 0.0432. The monoisotopic (exact) mass is 270 g/mol. The van der Waals surface area contributed by atoms with Crippen LogP contribution in [0.15, 0.2) is 53.7 Å². The van der Waals surface area contributed by atoms with Crippen LogP contribution < -0.4 is 0 Å². The second kappa shape index (κ2) is 5.51. The average Bonchev–Trinajstić information content (AvgIpc) is 2.48. The molecule has 0 saturated heterocycles. The smallest absolute Gasteiger partial charge is 0.137 e. The summed E-state index contributed by atoms with van der Waals surface area (Å²) in [5.41, 5.74) is 0.854. The number of para-hydroxylation sites is 1. The number of aliphatic imine (C=N–C) groups is 1. The third kappa shape index (κ3) is 2.34. The minimum Gasteiger partial charge on any atom is -0.508 e. The summed E-state index contributed by atoms with van der Waals surface area (Å²) in [4.78, 5) is 6.77. The van der Waals surface area contributed by atoms with Crippen molar-refractivity contribution in [1.82, 2.24) is 4.90 Å². The molecular weight excluding hydrogens is 252 g/mol. The largest absolute Gasteiger partial charge is 0.508 e. The van der Waals surface area contributed by atoms with Gasteiger partial charge in [0.25, 0.3) is 0 Å². The molecule has 2 unspecified atom stereocenters. The predicted octanol–water partition coefficient (Wildman–Crippen LogP) is 2.98. The molecule has 1 N–H and O–H groups in total. The molecule has 2 heterocycles. The number of ether oxygens (including phenoxy) is 1. The van der Waals surface area contributed by atoms with Crippen LogP contribution in [-0.4, -0.2) is 28.7 Å². The third-order valence-electron chi connectivity index (χ3n) is 3.55. The maximum absolute atomic E-state index is 10.0. The van der Waals surface area contributed by atoms with Gasteiger partial charge in [0, 0.05) is 24.8 Å². The highest BCUT2D eigenvalue weighted by Crippen LogP contribution is 2.35. The molecule has 1 aromatic carbocycles. The topological polar surface area (TPSA) is 45.1 Å². The summed E-state index contributed by atoms with van der Waals surface area (Å²) in [6, 6.07) is 7.30. The Balaban J connectivity index is 1.95. The van der Waals surface area contributed by atoms with Crippen LogP contribution >= 0.6 is 0 Å². The van der Waals surface area contributed by atoms with Crippen molar-refractivity contribution >= 4 is 5.84 Å². The van der Waals surface area contributed by atoms with E-state index >= 15 is 0 Å². The number of hydrogen-bond acceptors (Lipinski definition) is 4. The van der Waals surface area contributed by atoms with Gasteiger partial charge in [-0.15, -0.1) is 0 Å². The molecule has 4 nitrogen and oxygen atoms in total. The fourth-order valence-corrected chi connectivity index (χ4v) is 2.62. The van der Waals surface area contributed by atoms with Crippen LogP contribution in [0.1, 0.15) is 24.9 Å². The Bertz CT molecular complexity index is 578. The van der Waals surface area contributed by atoms with Crippen LogP contribution in [0.25, 0.3) is 0 Å². The lowest BCUT2D eigenvalue weighted by molar-refractivity contribution is -0.0166. The van der Waals surface area contributed by atoms with Crippen molar-refractivity contribution in [2.24, 2.45) is 4.99 Å². The van der Waals surface area contributed by atoms with Crippen molar-refractivity contribution < 1.29 is 9.84 Å². The zero-order valence-electron chi connectivity index (χ0n) is 11.4. The van der Waals surface area contributed by atoms with Crippen molar-refractivity contribution in [2.75, 3.05) is 6.61 Å². The SMILES string of the molecule is CCOC1CC(c2ccccc2O)N=C2C=CC=CN21. The molecule has 0 aromatic heterocycles. The number of amidine groups is 1. The molecule has 0 amide bonds. The number of nitrogens with zero attached hydrogens (tertiary/aromatic N) is 2. The lowest BCUT2D eigenvalue weighted by Gasteiger charge is -2.37. The maximum Gasteiger partial charge on any atom is 0.137 e. The highest BCUT2D eigenvalue weighted by atomic mass is 16.5. The third-order valence-corrected chi connectivity index (χ3v) is 3.55. The fourth-order valence-electron chi connectivity index (χ4n) is 2.62. The van der Waals surface area contributed by atoms with Crippen LogP contribution in [-0.2, 0) is 4.74 Å². The van der Waals surface area contributed by atoms with Crippen molar-refractivity contribution in [2.45, 2.75) is 25.6 Å². The molecule has 2 atom stereocenters. The van der Waals surface area contributed by atoms with Crippen LogP contribution in [0.3, 0.4) is 0 Å². The standard InChI is InChI=1S/C16H18N2O2/c1-2-20-16-11-13(12-7-3-4-8-14(12)19)17-15-9-5-6-10-18(15)16/h3-10,13,16,19H,2,11H2,1H3.